The molecule has 0 fully saturated rings. The molecule has 0 amide bonds. The molecule has 2 heteroatoms. The molecule has 1 rings (SSSR count). The lowest BCUT2D eigenvalue weighted by Crippen LogP contribution is -2.37. The van der Waals surface area contributed by atoms with Crippen LogP contribution in [0.1, 0.15) is 45.7 Å². The quantitative estimate of drug-likeness (QED) is 0.821. The molecule has 0 spiro atoms. The Morgan fingerprint density at radius 1 is 1.18 bits per heavy atom. The molecule has 0 saturated carbocycles. The lowest BCUT2D eigenvalue weighted by atomic mass is 9.85. The van der Waals surface area contributed by atoms with E-state index in [0.717, 1.165) is 6.42 Å². The Labute approximate surface area is 106 Å². The van der Waals surface area contributed by atoms with Crippen LogP contribution in [0.4, 0.5) is 0 Å². The molecule has 0 aliphatic rings. The van der Waals surface area contributed by atoms with Gasteiger partial charge in [0.05, 0.1) is 0 Å². The maximum Gasteiger partial charge on any atom is 0.0328 e. The van der Waals surface area contributed by atoms with Crippen molar-refractivity contribution in [2.45, 2.75) is 46.2 Å². The Hall–Kier alpha value is -0.860. The lowest BCUT2D eigenvalue weighted by molar-refractivity contribution is 0.297. The number of nitrogens with one attached hydrogen (secondary N) is 1. The van der Waals surface area contributed by atoms with Crippen molar-refractivity contribution in [2.75, 3.05) is 6.54 Å². The first-order valence-electron chi connectivity index (χ1n) is 6.43. The molecule has 0 bridgehead atoms. The van der Waals surface area contributed by atoms with Gasteiger partial charge in [-0.2, -0.15) is 0 Å². The van der Waals surface area contributed by atoms with Gasteiger partial charge in [0.2, 0.25) is 0 Å². The largest absolute Gasteiger partial charge is 0.329 e. The van der Waals surface area contributed by atoms with Gasteiger partial charge in [0.15, 0.2) is 0 Å². The highest BCUT2D eigenvalue weighted by molar-refractivity contribution is 5.19. The van der Waals surface area contributed by atoms with Gasteiger partial charge in [0, 0.05) is 18.6 Å². The molecule has 0 heterocycles. The van der Waals surface area contributed by atoms with Crippen LogP contribution < -0.4 is 11.1 Å². The molecular formula is C15H26N2. The maximum absolute atomic E-state index is 5.70. The van der Waals surface area contributed by atoms with Crippen LogP contribution in [0.5, 0.6) is 0 Å². The van der Waals surface area contributed by atoms with Crippen molar-refractivity contribution < 1.29 is 0 Å². The van der Waals surface area contributed by atoms with E-state index < -0.39 is 0 Å². The van der Waals surface area contributed by atoms with E-state index in [9.17, 15) is 0 Å². The van der Waals surface area contributed by atoms with Gasteiger partial charge >= 0.3 is 0 Å². The summed E-state index contributed by atoms with van der Waals surface area (Å²) >= 11 is 0. The highest BCUT2D eigenvalue weighted by Crippen LogP contribution is 2.29. The maximum atomic E-state index is 5.70. The summed E-state index contributed by atoms with van der Waals surface area (Å²) in [5.41, 5.74) is 7.36. The average molecular weight is 234 g/mol. The van der Waals surface area contributed by atoms with E-state index in [4.69, 9.17) is 5.73 Å². The molecule has 17 heavy (non-hydrogen) atoms. The van der Waals surface area contributed by atoms with Gasteiger partial charge in [-0.15, -0.1) is 0 Å². The van der Waals surface area contributed by atoms with Crippen molar-refractivity contribution in [2.24, 2.45) is 11.1 Å². The second-order valence-electron chi connectivity index (χ2n) is 6.03. The molecule has 0 aromatic heterocycles. The summed E-state index contributed by atoms with van der Waals surface area (Å²) in [4.78, 5) is 0. The predicted octanol–water partition coefficient (Wildman–Crippen LogP) is 3.10. The number of benzene rings is 1. The van der Waals surface area contributed by atoms with Crippen molar-refractivity contribution >= 4 is 0 Å². The van der Waals surface area contributed by atoms with Crippen molar-refractivity contribution in [3.05, 3.63) is 35.9 Å². The third-order valence-electron chi connectivity index (χ3n) is 2.86. The Morgan fingerprint density at radius 2 is 1.76 bits per heavy atom. The minimum atomic E-state index is 0.307. The van der Waals surface area contributed by atoms with Crippen molar-refractivity contribution in [1.82, 2.24) is 5.32 Å². The van der Waals surface area contributed by atoms with Crippen molar-refractivity contribution in [3.8, 4) is 0 Å². The summed E-state index contributed by atoms with van der Waals surface area (Å²) in [6, 6.07) is 11.4. The Morgan fingerprint density at radius 3 is 2.24 bits per heavy atom. The first-order chi connectivity index (χ1) is 7.92. The van der Waals surface area contributed by atoms with Crippen molar-refractivity contribution in [1.29, 1.82) is 0 Å². The van der Waals surface area contributed by atoms with E-state index in [1.165, 1.54) is 5.56 Å². The normalized spacial score (nSPS) is 15.6. The third kappa shape index (κ3) is 5.33. The Balaban J connectivity index is 2.79. The van der Waals surface area contributed by atoms with Gasteiger partial charge in [0.1, 0.15) is 0 Å². The highest BCUT2D eigenvalue weighted by atomic mass is 15.0. The first-order valence-corrected chi connectivity index (χ1v) is 6.43. The molecule has 0 radical (unpaired) electrons. The zero-order valence-corrected chi connectivity index (χ0v) is 11.5. The van der Waals surface area contributed by atoms with E-state index in [1.807, 2.05) is 0 Å². The van der Waals surface area contributed by atoms with Crippen LogP contribution in [0.15, 0.2) is 30.3 Å². The SMILES string of the molecule is CC(CN)NC(CC(C)(C)C)c1ccccc1. The summed E-state index contributed by atoms with van der Waals surface area (Å²) in [7, 11) is 0. The molecule has 1 aromatic carbocycles. The second kappa shape index (κ2) is 6.18. The molecule has 2 atom stereocenters. The average Bonchev–Trinajstić information content (AvgIpc) is 2.27. The molecule has 2 unspecified atom stereocenters. The predicted molar refractivity (Wildman–Crippen MR) is 74.9 cm³/mol. The summed E-state index contributed by atoms with van der Waals surface area (Å²) in [5.74, 6) is 0. The lowest BCUT2D eigenvalue weighted by Gasteiger charge is -2.29. The highest BCUT2D eigenvalue weighted by Gasteiger charge is 2.20. The van der Waals surface area contributed by atoms with E-state index in [1.54, 1.807) is 0 Å². The minimum absolute atomic E-state index is 0.307. The van der Waals surface area contributed by atoms with Crippen LogP contribution in [0.25, 0.3) is 0 Å². The van der Waals surface area contributed by atoms with Crippen LogP contribution in [-0.4, -0.2) is 12.6 Å². The van der Waals surface area contributed by atoms with Gasteiger partial charge in [0.25, 0.3) is 0 Å². The van der Waals surface area contributed by atoms with Gasteiger partial charge in [-0.25, -0.2) is 0 Å². The van der Waals surface area contributed by atoms with E-state index in [-0.39, 0.29) is 0 Å². The number of hydrogen-bond acceptors (Lipinski definition) is 2. The van der Waals surface area contributed by atoms with E-state index in [2.05, 4.69) is 63.3 Å². The molecule has 2 nitrogen and oxygen atoms in total. The monoisotopic (exact) mass is 234 g/mol. The summed E-state index contributed by atoms with van der Waals surface area (Å²) in [6.07, 6.45) is 1.11. The molecule has 3 N–H and O–H groups in total. The number of rotatable bonds is 5. The third-order valence-corrected chi connectivity index (χ3v) is 2.86. The fourth-order valence-electron chi connectivity index (χ4n) is 1.98. The first kappa shape index (κ1) is 14.2. The zero-order valence-electron chi connectivity index (χ0n) is 11.5. The topological polar surface area (TPSA) is 38.0 Å². The molecule has 0 aliphatic heterocycles. The van der Waals surface area contributed by atoms with Gasteiger partial charge in [-0.05, 0) is 24.3 Å². The minimum Gasteiger partial charge on any atom is -0.329 e. The summed E-state index contributed by atoms with van der Waals surface area (Å²) in [6.45, 7) is 9.64. The van der Waals surface area contributed by atoms with Gasteiger partial charge < -0.3 is 11.1 Å². The standard InChI is InChI=1S/C15H26N2/c1-12(11-16)17-14(10-15(2,3)4)13-8-6-5-7-9-13/h5-9,12,14,17H,10-11,16H2,1-4H3. The summed E-state index contributed by atoms with van der Waals surface area (Å²) in [5, 5.41) is 3.61. The number of nitrogens with two attached hydrogens (primary N) is 1. The fraction of sp³-hybridized carbons (Fsp3) is 0.600. The molecule has 96 valence electrons. The molecular weight excluding hydrogens is 208 g/mol. The van der Waals surface area contributed by atoms with Gasteiger partial charge in [-0.1, -0.05) is 51.1 Å². The molecule has 1 aromatic rings. The van der Waals surface area contributed by atoms with Gasteiger partial charge in [-0.3, -0.25) is 0 Å². The van der Waals surface area contributed by atoms with Crippen LogP contribution in [0, 0.1) is 5.41 Å². The number of hydrogen-bond donors (Lipinski definition) is 2. The van der Waals surface area contributed by atoms with E-state index >= 15 is 0 Å². The Bertz CT molecular complexity index is 313. The van der Waals surface area contributed by atoms with Crippen LogP contribution in [0.2, 0.25) is 0 Å². The Kier molecular flexibility index (Phi) is 5.16. The van der Waals surface area contributed by atoms with E-state index in [0.29, 0.717) is 24.0 Å². The molecule has 0 saturated heterocycles. The van der Waals surface area contributed by atoms with Crippen molar-refractivity contribution in [3.63, 3.8) is 0 Å². The fourth-order valence-corrected chi connectivity index (χ4v) is 1.98. The van der Waals surface area contributed by atoms with Crippen LogP contribution in [0.3, 0.4) is 0 Å². The van der Waals surface area contributed by atoms with Crippen LogP contribution in [-0.2, 0) is 0 Å². The summed E-state index contributed by atoms with van der Waals surface area (Å²) < 4.78 is 0. The second-order valence-corrected chi connectivity index (χ2v) is 6.03. The zero-order chi connectivity index (χ0) is 12.9. The molecule has 0 aliphatic carbocycles. The smallest absolute Gasteiger partial charge is 0.0328 e. The van der Waals surface area contributed by atoms with Crippen LogP contribution >= 0.6 is 0 Å².